The molecule has 0 unspecified atom stereocenters. The van der Waals surface area contributed by atoms with Gasteiger partial charge >= 0.3 is 0 Å². The third-order valence-electron chi connectivity index (χ3n) is 2.35. The van der Waals surface area contributed by atoms with Crippen LogP contribution in [0.3, 0.4) is 0 Å². The third kappa shape index (κ3) is 2.84. The average Bonchev–Trinajstić information content (AvgIpc) is 2.45. The SMILES string of the molecule is Cc1c(CCCO)cnn1CC(C)C. The van der Waals surface area contributed by atoms with Crippen LogP contribution < -0.4 is 0 Å². The minimum atomic E-state index is 0.259. The molecule has 80 valence electrons. The van der Waals surface area contributed by atoms with Crippen molar-refractivity contribution in [2.24, 2.45) is 5.92 Å². The van der Waals surface area contributed by atoms with E-state index in [0.29, 0.717) is 5.92 Å². The van der Waals surface area contributed by atoms with Gasteiger partial charge in [-0.3, -0.25) is 4.68 Å². The third-order valence-corrected chi connectivity index (χ3v) is 2.35. The lowest BCUT2D eigenvalue weighted by molar-refractivity contribution is 0.288. The van der Waals surface area contributed by atoms with Crippen molar-refractivity contribution in [2.45, 2.75) is 40.2 Å². The van der Waals surface area contributed by atoms with Gasteiger partial charge in [0, 0.05) is 18.8 Å². The molecule has 0 spiro atoms. The quantitative estimate of drug-likeness (QED) is 0.779. The van der Waals surface area contributed by atoms with Crippen molar-refractivity contribution >= 4 is 0 Å². The zero-order valence-electron chi connectivity index (χ0n) is 9.32. The Morgan fingerprint density at radius 3 is 2.79 bits per heavy atom. The summed E-state index contributed by atoms with van der Waals surface area (Å²) < 4.78 is 2.05. The van der Waals surface area contributed by atoms with Crippen LogP contribution in [0, 0.1) is 12.8 Å². The van der Waals surface area contributed by atoms with E-state index in [0.717, 1.165) is 19.4 Å². The molecule has 0 atom stereocenters. The Morgan fingerprint density at radius 1 is 1.50 bits per heavy atom. The molecule has 0 aliphatic heterocycles. The van der Waals surface area contributed by atoms with Gasteiger partial charge in [0.25, 0.3) is 0 Å². The molecule has 0 amide bonds. The summed E-state index contributed by atoms with van der Waals surface area (Å²) in [5, 5.41) is 13.1. The summed E-state index contributed by atoms with van der Waals surface area (Å²) in [6.07, 6.45) is 3.68. The van der Waals surface area contributed by atoms with Crippen molar-refractivity contribution in [3.8, 4) is 0 Å². The van der Waals surface area contributed by atoms with Crippen molar-refractivity contribution in [3.05, 3.63) is 17.5 Å². The Bertz CT molecular complexity index is 279. The fourth-order valence-corrected chi connectivity index (χ4v) is 1.53. The minimum absolute atomic E-state index is 0.259. The van der Waals surface area contributed by atoms with Gasteiger partial charge in [0.05, 0.1) is 6.20 Å². The van der Waals surface area contributed by atoms with E-state index in [9.17, 15) is 0 Å². The van der Waals surface area contributed by atoms with E-state index >= 15 is 0 Å². The van der Waals surface area contributed by atoms with Crippen LogP contribution in [-0.2, 0) is 13.0 Å². The largest absolute Gasteiger partial charge is 0.396 e. The predicted octanol–water partition coefficient (Wildman–Crippen LogP) is 1.77. The fourth-order valence-electron chi connectivity index (χ4n) is 1.53. The Morgan fingerprint density at radius 2 is 2.21 bits per heavy atom. The molecule has 1 N–H and O–H groups in total. The highest BCUT2D eigenvalue weighted by Gasteiger charge is 2.06. The van der Waals surface area contributed by atoms with Gasteiger partial charge in [0.2, 0.25) is 0 Å². The molecule has 3 nitrogen and oxygen atoms in total. The Labute approximate surface area is 85.8 Å². The summed E-state index contributed by atoms with van der Waals surface area (Å²) in [6.45, 7) is 7.71. The lowest BCUT2D eigenvalue weighted by atomic mass is 10.1. The number of nitrogens with zero attached hydrogens (tertiary/aromatic N) is 2. The summed E-state index contributed by atoms with van der Waals surface area (Å²) in [7, 11) is 0. The molecule has 3 heteroatoms. The number of rotatable bonds is 5. The first-order valence-electron chi connectivity index (χ1n) is 5.27. The molecular weight excluding hydrogens is 176 g/mol. The van der Waals surface area contributed by atoms with Crippen LogP contribution in [0.2, 0.25) is 0 Å². The number of aliphatic hydroxyl groups is 1. The molecule has 0 aliphatic carbocycles. The molecule has 1 aromatic heterocycles. The van der Waals surface area contributed by atoms with Crippen molar-refractivity contribution in [1.29, 1.82) is 0 Å². The smallest absolute Gasteiger partial charge is 0.0524 e. The first-order chi connectivity index (χ1) is 6.65. The van der Waals surface area contributed by atoms with Gasteiger partial charge in [-0.1, -0.05) is 13.8 Å². The highest BCUT2D eigenvalue weighted by atomic mass is 16.2. The topological polar surface area (TPSA) is 38.1 Å². The van der Waals surface area contributed by atoms with Crippen molar-refractivity contribution < 1.29 is 5.11 Å². The molecule has 0 bridgehead atoms. The molecule has 1 rings (SSSR count). The maximum Gasteiger partial charge on any atom is 0.0524 e. The van der Waals surface area contributed by atoms with Crippen LogP contribution in [-0.4, -0.2) is 21.5 Å². The van der Waals surface area contributed by atoms with Crippen LogP contribution in [0.1, 0.15) is 31.5 Å². The van der Waals surface area contributed by atoms with E-state index in [1.165, 1.54) is 11.3 Å². The standard InChI is InChI=1S/C11H20N2O/c1-9(2)8-13-10(3)11(7-12-13)5-4-6-14/h7,9,14H,4-6,8H2,1-3H3. The van der Waals surface area contributed by atoms with Crippen LogP contribution in [0.4, 0.5) is 0 Å². The lowest BCUT2D eigenvalue weighted by Crippen LogP contribution is -2.08. The van der Waals surface area contributed by atoms with E-state index in [-0.39, 0.29) is 6.61 Å². The van der Waals surface area contributed by atoms with Gasteiger partial charge in [0.1, 0.15) is 0 Å². The number of aromatic nitrogens is 2. The summed E-state index contributed by atoms with van der Waals surface area (Å²) >= 11 is 0. The second-order valence-corrected chi connectivity index (χ2v) is 4.16. The summed E-state index contributed by atoms with van der Waals surface area (Å²) in [5.41, 5.74) is 2.51. The van der Waals surface area contributed by atoms with E-state index in [1.807, 2.05) is 6.20 Å². The molecule has 1 heterocycles. The first kappa shape index (κ1) is 11.2. The predicted molar refractivity (Wildman–Crippen MR) is 57.2 cm³/mol. The molecule has 0 aliphatic rings. The maximum absolute atomic E-state index is 8.74. The van der Waals surface area contributed by atoms with Gasteiger partial charge in [-0.25, -0.2) is 0 Å². The average molecular weight is 196 g/mol. The van der Waals surface area contributed by atoms with Gasteiger partial charge in [-0.05, 0) is 31.2 Å². The highest BCUT2D eigenvalue weighted by molar-refractivity contribution is 5.16. The summed E-state index contributed by atoms with van der Waals surface area (Å²) in [5.74, 6) is 0.624. The normalized spacial score (nSPS) is 11.2. The Kier molecular flexibility index (Phi) is 4.14. The zero-order valence-corrected chi connectivity index (χ0v) is 9.32. The molecule has 0 aromatic carbocycles. The maximum atomic E-state index is 8.74. The molecule has 14 heavy (non-hydrogen) atoms. The Balaban J connectivity index is 2.65. The van der Waals surface area contributed by atoms with Crippen molar-refractivity contribution in [1.82, 2.24) is 9.78 Å². The van der Waals surface area contributed by atoms with E-state index < -0.39 is 0 Å². The zero-order chi connectivity index (χ0) is 10.6. The van der Waals surface area contributed by atoms with Crippen molar-refractivity contribution in [3.63, 3.8) is 0 Å². The minimum Gasteiger partial charge on any atom is -0.396 e. The lowest BCUT2D eigenvalue weighted by Gasteiger charge is -2.07. The number of aryl methyl sites for hydroxylation is 1. The Hall–Kier alpha value is -0.830. The molecule has 0 saturated carbocycles. The van der Waals surface area contributed by atoms with Crippen LogP contribution >= 0.6 is 0 Å². The fraction of sp³-hybridized carbons (Fsp3) is 0.727. The van der Waals surface area contributed by atoms with Gasteiger partial charge in [-0.2, -0.15) is 5.10 Å². The van der Waals surface area contributed by atoms with E-state index in [4.69, 9.17) is 5.11 Å². The first-order valence-corrected chi connectivity index (χ1v) is 5.27. The second-order valence-electron chi connectivity index (χ2n) is 4.16. The van der Waals surface area contributed by atoms with E-state index in [1.54, 1.807) is 0 Å². The van der Waals surface area contributed by atoms with Crippen molar-refractivity contribution in [2.75, 3.05) is 6.61 Å². The van der Waals surface area contributed by atoms with Crippen LogP contribution in [0.15, 0.2) is 6.20 Å². The number of hydrogen-bond acceptors (Lipinski definition) is 2. The van der Waals surface area contributed by atoms with Gasteiger partial charge in [0.15, 0.2) is 0 Å². The van der Waals surface area contributed by atoms with Gasteiger partial charge < -0.3 is 5.11 Å². The monoisotopic (exact) mass is 196 g/mol. The molecule has 0 radical (unpaired) electrons. The van der Waals surface area contributed by atoms with Crippen LogP contribution in [0.25, 0.3) is 0 Å². The number of aliphatic hydroxyl groups excluding tert-OH is 1. The van der Waals surface area contributed by atoms with Gasteiger partial charge in [-0.15, -0.1) is 0 Å². The molecule has 1 aromatic rings. The van der Waals surface area contributed by atoms with Crippen LogP contribution in [0.5, 0.6) is 0 Å². The highest BCUT2D eigenvalue weighted by Crippen LogP contribution is 2.11. The molecular formula is C11H20N2O. The number of hydrogen-bond donors (Lipinski definition) is 1. The van der Waals surface area contributed by atoms with E-state index in [2.05, 4.69) is 30.6 Å². The molecule has 0 fully saturated rings. The second kappa shape index (κ2) is 5.15. The summed E-state index contributed by atoms with van der Waals surface area (Å²) in [4.78, 5) is 0. The summed E-state index contributed by atoms with van der Waals surface area (Å²) in [6, 6.07) is 0. The molecule has 0 saturated heterocycles.